The Balaban J connectivity index is 2.99. The van der Waals surface area contributed by atoms with E-state index in [4.69, 9.17) is 4.74 Å². The predicted molar refractivity (Wildman–Crippen MR) is 49.1 cm³/mol. The maximum absolute atomic E-state index is 12.7. The molecule has 0 aromatic heterocycles. The molecular weight excluding hydrogens is 209 g/mol. The number of hydrogen-bond acceptors (Lipinski definition) is 2. The number of alkyl halides is 3. The minimum atomic E-state index is -4.70. The summed E-state index contributed by atoms with van der Waals surface area (Å²) < 4.78 is 42.9. The summed E-state index contributed by atoms with van der Waals surface area (Å²) in [7, 11) is 0. The maximum atomic E-state index is 12.7. The van der Waals surface area contributed by atoms with Gasteiger partial charge in [-0.2, -0.15) is 13.2 Å². The Hall–Kier alpha value is -0.970. The topological polar surface area (TPSA) is 29.5 Å². The first-order valence-corrected chi connectivity index (χ1v) is 4.63. The van der Waals surface area contributed by atoms with E-state index in [0.29, 0.717) is 13.0 Å². The first-order valence-electron chi connectivity index (χ1n) is 4.63. The van der Waals surface area contributed by atoms with Gasteiger partial charge in [0.25, 0.3) is 0 Å². The molecule has 5 heteroatoms. The molecule has 2 nitrogen and oxygen atoms in total. The lowest BCUT2D eigenvalue weighted by Gasteiger charge is -2.33. The van der Waals surface area contributed by atoms with E-state index in [1.807, 2.05) is 0 Å². The Bertz CT molecular complexity index is 270. The number of halogens is 3. The van der Waals surface area contributed by atoms with Crippen LogP contribution >= 0.6 is 0 Å². The molecule has 1 unspecified atom stereocenters. The Morgan fingerprint density at radius 1 is 1.53 bits per heavy atom. The van der Waals surface area contributed by atoms with Crippen LogP contribution < -0.4 is 0 Å². The third-order valence-corrected chi connectivity index (χ3v) is 2.37. The molecule has 15 heavy (non-hydrogen) atoms. The van der Waals surface area contributed by atoms with E-state index in [2.05, 4.69) is 6.58 Å². The van der Waals surface area contributed by atoms with E-state index >= 15 is 0 Å². The number of ether oxygens (including phenoxy) is 1. The first-order chi connectivity index (χ1) is 6.92. The molecule has 1 aliphatic rings. The van der Waals surface area contributed by atoms with Crippen molar-refractivity contribution in [1.82, 2.24) is 0 Å². The van der Waals surface area contributed by atoms with E-state index in [0.717, 1.165) is 12.3 Å². The van der Waals surface area contributed by atoms with Gasteiger partial charge in [0.1, 0.15) is 0 Å². The number of hydrogen-bond donors (Lipinski definition) is 1. The van der Waals surface area contributed by atoms with Crippen molar-refractivity contribution in [2.75, 3.05) is 6.61 Å². The zero-order chi connectivity index (χ0) is 11.5. The zero-order valence-corrected chi connectivity index (χ0v) is 8.18. The molecule has 0 saturated heterocycles. The van der Waals surface area contributed by atoms with Crippen LogP contribution in [0.1, 0.15) is 19.3 Å². The SMILES string of the molecule is C=CCC(O)(C1=COCCC1)C(F)(F)F. The second-order valence-corrected chi connectivity index (χ2v) is 3.47. The van der Waals surface area contributed by atoms with Crippen molar-refractivity contribution in [1.29, 1.82) is 0 Å². The van der Waals surface area contributed by atoms with E-state index in [1.165, 1.54) is 0 Å². The number of rotatable bonds is 3. The van der Waals surface area contributed by atoms with Crippen LogP contribution in [0.25, 0.3) is 0 Å². The van der Waals surface area contributed by atoms with Crippen LogP contribution in [0, 0.1) is 0 Å². The molecule has 1 N–H and O–H groups in total. The maximum Gasteiger partial charge on any atom is 0.421 e. The van der Waals surface area contributed by atoms with E-state index in [1.54, 1.807) is 0 Å². The molecule has 86 valence electrons. The smallest absolute Gasteiger partial charge is 0.421 e. The zero-order valence-electron chi connectivity index (χ0n) is 8.18. The number of aliphatic hydroxyl groups is 1. The van der Waals surface area contributed by atoms with Crippen LogP contribution in [0.2, 0.25) is 0 Å². The Kier molecular flexibility index (Phi) is 3.44. The molecule has 0 aliphatic carbocycles. The molecule has 0 amide bonds. The fourth-order valence-electron chi connectivity index (χ4n) is 1.51. The van der Waals surface area contributed by atoms with Crippen molar-refractivity contribution in [3.63, 3.8) is 0 Å². The van der Waals surface area contributed by atoms with Gasteiger partial charge in [0.15, 0.2) is 5.60 Å². The molecule has 0 fully saturated rings. The third kappa shape index (κ3) is 2.34. The van der Waals surface area contributed by atoms with Crippen LogP contribution in [0.4, 0.5) is 13.2 Å². The molecule has 1 aliphatic heterocycles. The highest BCUT2D eigenvalue weighted by molar-refractivity contribution is 5.21. The van der Waals surface area contributed by atoms with Gasteiger partial charge in [0.05, 0.1) is 12.9 Å². The van der Waals surface area contributed by atoms with Gasteiger partial charge in [-0.25, -0.2) is 0 Å². The monoisotopic (exact) mass is 222 g/mol. The van der Waals surface area contributed by atoms with Crippen LogP contribution in [-0.2, 0) is 4.74 Å². The Morgan fingerprint density at radius 2 is 2.20 bits per heavy atom. The van der Waals surface area contributed by atoms with Gasteiger partial charge in [-0.05, 0) is 12.8 Å². The minimum absolute atomic E-state index is 0.124. The molecule has 1 atom stereocenters. The second kappa shape index (κ2) is 4.26. The van der Waals surface area contributed by atoms with Gasteiger partial charge in [-0.15, -0.1) is 6.58 Å². The summed E-state index contributed by atoms with van der Waals surface area (Å²) in [6, 6.07) is 0. The lowest BCUT2D eigenvalue weighted by atomic mass is 9.86. The average molecular weight is 222 g/mol. The summed E-state index contributed by atoms with van der Waals surface area (Å²) in [5.41, 5.74) is -2.95. The molecule has 0 bridgehead atoms. The summed E-state index contributed by atoms with van der Waals surface area (Å²) in [6.45, 7) is 3.62. The molecule has 0 radical (unpaired) electrons. The minimum Gasteiger partial charge on any atom is -0.501 e. The standard InChI is InChI=1S/C10H13F3O2/c1-2-5-9(14,10(11,12)13)8-4-3-6-15-7-8/h2,7,14H,1,3-6H2. The summed E-state index contributed by atoms with van der Waals surface area (Å²) in [4.78, 5) is 0. The van der Waals surface area contributed by atoms with Crippen molar-refractivity contribution in [3.05, 3.63) is 24.5 Å². The van der Waals surface area contributed by atoms with Gasteiger partial charge in [-0.1, -0.05) is 6.08 Å². The molecule has 0 aromatic rings. The molecule has 0 saturated carbocycles. The summed E-state index contributed by atoms with van der Waals surface area (Å²) in [5, 5.41) is 9.63. The van der Waals surface area contributed by atoms with Crippen molar-refractivity contribution in [2.24, 2.45) is 0 Å². The fourth-order valence-corrected chi connectivity index (χ4v) is 1.51. The summed E-state index contributed by atoms with van der Waals surface area (Å²) in [5.74, 6) is 0. The van der Waals surface area contributed by atoms with E-state index in [-0.39, 0.29) is 12.0 Å². The first kappa shape index (κ1) is 12.1. The molecular formula is C10H13F3O2. The fraction of sp³-hybridized carbons (Fsp3) is 0.600. The Morgan fingerprint density at radius 3 is 2.60 bits per heavy atom. The Labute approximate surface area is 86.0 Å². The average Bonchev–Trinajstić information content (AvgIpc) is 2.18. The summed E-state index contributed by atoms with van der Waals surface area (Å²) in [6.07, 6.45) is -2.49. The van der Waals surface area contributed by atoms with Gasteiger partial charge in [0.2, 0.25) is 0 Å². The van der Waals surface area contributed by atoms with Gasteiger partial charge in [-0.3, -0.25) is 0 Å². The predicted octanol–water partition coefficient (Wildman–Crippen LogP) is 2.55. The molecule has 1 rings (SSSR count). The van der Waals surface area contributed by atoms with Gasteiger partial charge >= 0.3 is 6.18 Å². The van der Waals surface area contributed by atoms with E-state index < -0.39 is 18.2 Å². The van der Waals surface area contributed by atoms with Crippen LogP contribution in [0.5, 0.6) is 0 Å². The van der Waals surface area contributed by atoms with Crippen molar-refractivity contribution in [2.45, 2.75) is 31.0 Å². The highest BCUT2D eigenvalue weighted by Gasteiger charge is 2.55. The van der Waals surface area contributed by atoms with Crippen LogP contribution in [0.15, 0.2) is 24.5 Å². The van der Waals surface area contributed by atoms with Gasteiger partial charge in [0, 0.05) is 12.0 Å². The lowest BCUT2D eigenvalue weighted by Crippen LogP contribution is -2.47. The van der Waals surface area contributed by atoms with E-state index in [9.17, 15) is 18.3 Å². The highest BCUT2D eigenvalue weighted by atomic mass is 19.4. The largest absolute Gasteiger partial charge is 0.501 e. The normalized spacial score (nSPS) is 21.2. The highest BCUT2D eigenvalue weighted by Crippen LogP contribution is 2.41. The van der Waals surface area contributed by atoms with Crippen molar-refractivity contribution < 1.29 is 23.0 Å². The molecule has 0 spiro atoms. The lowest BCUT2D eigenvalue weighted by molar-refractivity contribution is -0.244. The third-order valence-electron chi connectivity index (χ3n) is 2.37. The van der Waals surface area contributed by atoms with Crippen LogP contribution in [-0.4, -0.2) is 23.5 Å². The van der Waals surface area contributed by atoms with Crippen molar-refractivity contribution >= 4 is 0 Å². The van der Waals surface area contributed by atoms with Crippen molar-refractivity contribution in [3.8, 4) is 0 Å². The molecule has 0 aromatic carbocycles. The molecule has 1 heterocycles. The second-order valence-electron chi connectivity index (χ2n) is 3.47. The quantitative estimate of drug-likeness (QED) is 0.743. The van der Waals surface area contributed by atoms with Gasteiger partial charge < -0.3 is 9.84 Å². The summed E-state index contributed by atoms with van der Waals surface area (Å²) >= 11 is 0. The van der Waals surface area contributed by atoms with Crippen LogP contribution in [0.3, 0.4) is 0 Å².